The molecule has 0 aromatic carbocycles. The van der Waals surface area contributed by atoms with Crippen LogP contribution >= 0.6 is 0 Å². The first-order chi connectivity index (χ1) is 8.17. The van der Waals surface area contributed by atoms with Crippen LogP contribution in [0, 0.1) is 0 Å². The Morgan fingerprint density at radius 1 is 1.47 bits per heavy atom. The number of nitrogens with one attached hydrogen (secondary N) is 1. The molecule has 4 heteroatoms. The van der Waals surface area contributed by atoms with E-state index in [4.69, 9.17) is 4.74 Å². The van der Waals surface area contributed by atoms with Gasteiger partial charge < -0.3 is 15.0 Å². The Bertz CT molecular complexity index is 233. The second-order valence-electron chi connectivity index (χ2n) is 4.88. The molecule has 2 unspecified atom stereocenters. The van der Waals surface area contributed by atoms with Crippen molar-refractivity contribution in [1.82, 2.24) is 10.2 Å². The molecule has 1 fully saturated rings. The van der Waals surface area contributed by atoms with Crippen LogP contribution in [-0.4, -0.2) is 49.7 Å². The summed E-state index contributed by atoms with van der Waals surface area (Å²) >= 11 is 0. The maximum Gasteiger partial charge on any atom is 0.322 e. The molecular weight excluding hydrogens is 216 g/mol. The van der Waals surface area contributed by atoms with Gasteiger partial charge in [0, 0.05) is 6.04 Å². The molecule has 1 N–H and O–H groups in total. The van der Waals surface area contributed by atoms with Gasteiger partial charge in [-0.15, -0.1) is 0 Å². The molecular formula is C13H26N2O2. The normalized spacial score (nSPS) is 24.1. The van der Waals surface area contributed by atoms with Crippen molar-refractivity contribution >= 4 is 5.97 Å². The lowest BCUT2D eigenvalue weighted by molar-refractivity contribution is -0.142. The zero-order valence-corrected chi connectivity index (χ0v) is 11.4. The van der Waals surface area contributed by atoms with Gasteiger partial charge in [-0.3, -0.25) is 4.79 Å². The molecule has 1 saturated heterocycles. The first-order valence-corrected chi connectivity index (χ1v) is 6.73. The Kier molecular flexibility index (Phi) is 6.52. The van der Waals surface area contributed by atoms with Crippen LogP contribution in [0.3, 0.4) is 0 Å². The van der Waals surface area contributed by atoms with Crippen molar-refractivity contribution in [3.05, 3.63) is 0 Å². The van der Waals surface area contributed by atoms with Crippen molar-refractivity contribution in [2.75, 3.05) is 26.7 Å². The standard InChI is InChI=1S/C13H26N2O2/c1-4-8-15-9-5-6-12(7-10-15)14-11(2)13(16)17-3/h11-12,14H,4-10H2,1-3H3. The Morgan fingerprint density at radius 2 is 2.24 bits per heavy atom. The number of methoxy groups -OCH3 is 1. The van der Waals surface area contributed by atoms with E-state index in [1.165, 1.54) is 33.0 Å². The fourth-order valence-electron chi connectivity index (χ4n) is 2.46. The predicted molar refractivity (Wildman–Crippen MR) is 69.0 cm³/mol. The summed E-state index contributed by atoms with van der Waals surface area (Å²) in [5, 5.41) is 3.37. The highest BCUT2D eigenvalue weighted by Gasteiger charge is 2.21. The fourth-order valence-corrected chi connectivity index (χ4v) is 2.46. The predicted octanol–water partition coefficient (Wildman–Crippen LogP) is 1.40. The number of carbonyl (C=O) groups excluding carboxylic acids is 1. The van der Waals surface area contributed by atoms with Crippen LogP contribution in [0.2, 0.25) is 0 Å². The Morgan fingerprint density at radius 3 is 2.88 bits per heavy atom. The van der Waals surface area contributed by atoms with Gasteiger partial charge in [-0.1, -0.05) is 6.92 Å². The molecule has 1 aliphatic heterocycles. The molecule has 0 aromatic heterocycles. The quantitative estimate of drug-likeness (QED) is 0.740. The minimum absolute atomic E-state index is 0.167. The van der Waals surface area contributed by atoms with E-state index in [0.717, 1.165) is 19.4 Å². The summed E-state index contributed by atoms with van der Waals surface area (Å²) < 4.78 is 4.73. The van der Waals surface area contributed by atoms with Gasteiger partial charge in [-0.25, -0.2) is 0 Å². The molecule has 1 rings (SSSR count). The first-order valence-electron chi connectivity index (χ1n) is 6.73. The maximum atomic E-state index is 11.3. The monoisotopic (exact) mass is 242 g/mol. The van der Waals surface area contributed by atoms with Gasteiger partial charge in [0.15, 0.2) is 0 Å². The number of hydrogen-bond donors (Lipinski definition) is 1. The third-order valence-electron chi connectivity index (χ3n) is 3.40. The van der Waals surface area contributed by atoms with Crippen LogP contribution in [0.1, 0.15) is 39.5 Å². The molecule has 1 aliphatic rings. The van der Waals surface area contributed by atoms with Gasteiger partial charge >= 0.3 is 5.97 Å². The zero-order valence-electron chi connectivity index (χ0n) is 11.4. The van der Waals surface area contributed by atoms with Crippen molar-refractivity contribution in [3.8, 4) is 0 Å². The Hall–Kier alpha value is -0.610. The lowest BCUT2D eigenvalue weighted by Crippen LogP contribution is -2.42. The highest BCUT2D eigenvalue weighted by molar-refractivity contribution is 5.75. The van der Waals surface area contributed by atoms with Gasteiger partial charge in [-0.05, 0) is 52.2 Å². The third-order valence-corrected chi connectivity index (χ3v) is 3.40. The SMILES string of the molecule is CCCN1CCCC(NC(C)C(=O)OC)CC1. The van der Waals surface area contributed by atoms with E-state index in [-0.39, 0.29) is 12.0 Å². The van der Waals surface area contributed by atoms with Crippen molar-refractivity contribution in [2.24, 2.45) is 0 Å². The van der Waals surface area contributed by atoms with Crippen LogP contribution in [0.4, 0.5) is 0 Å². The summed E-state index contributed by atoms with van der Waals surface area (Å²) in [5.41, 5.74) is 0. The Labute approximate surface area is 105 Å². The lowest BCUT2D eigenvalue weighted by Gasteiger charge is -2.21. The van der Waals surface area contributed by atoms with Crippen LogP contribution in [-0.2, 0) is 9.53 Å². The molecule has 2 atom stereocenters. The molecule has 1 heterocycles. The minimum Gasteiger partial charge on any atom is -0.468 e. The van der Waals surface area contributed by atoms with E-state index in [1.54, 1.807) is 0 Å². The van der Waals surface area contributed by atoms with Crippen LogP contribution in [0.5, 0.6) is 0 Å². The van der Waals surface area contributed by atoms with E-state index in [2.05, 4.69) is 17.1 Å². The highest BCUT2D eigenvalue weighted by atomic mass is 16.5. The van der Waals surface area contributed by atoms with Gasteiger partial charge in [-0.2, -0.15) is 0 Å². The average Bonchev–Trinajstić information content (AvgIpc) is 2.54. The number of likely N-dealkylation sites (tertiary alicyclic amines) is 1. The Balaban J connectivity index is 2.33. The highest BCUT2D eigenvalue weighted by Crippen LogP contribution is 2.12. The van der Waals surface area contributed by atoms with E-state index < -0.39 is 0 Å². The molecule has 17 heavy (non-hydrogen) atoms. The molecule has 0 bridgehead atoms. The second kappa shape index (κ2) is 7.67. The number of esters is 1. The molecule has 0 aliphatic carbocycles. The fraction of sp³-hybridized carbons (Fsp3) is 0.923. The minimum atomic E-state index is -0.192. The number of ether oxygens (including phenoxy) is 1. The molecule has 0 radical (unpaired) electrons. The molecule has 4 nitrogen and oxygen atoms in total. The summed E-state index contributed by atoms with van der Waals surface area (Å²) in [6.07, 6.45) is 4.71. The van der Waals surface area contributed by atoms with E-state index in [0.29, 0.717) is 6.04 Å². The smallest absolute Gasteiger partial charge is 0.322 e. The third kappa shape index (κ3) is 5.04. The molecule has 0 saturated carbocycles. The van der Waals surface area contributed by atoms with Crippen LogP contribution in [0.15, 0.2) is 0 Å². The average molecular weight is 242 g/mol. The summed E-state index contributed by atoms with van der Waals surface area (Å²) in [4.78, 5) is 13.9. The first kappa shape index (κ1) is 14.5. The van der Waals surface area contributed by atoms with Gasteiger partial charge in [0.25, 0.3) is 0 Å². The number of nitrogens with zero attached hydrogens (tertiary/aromatic N) is 1. The second-order valence-corrected chi connectivity index (χ2v) is 4.88. The summed E-state index contributed by atoms with van der Waals surface area (Å²) in [7, 11) is 1.44. The zero-order chi connectivity index (χ0) is 12.7. The summed E-state index contributed by atoms with van der Waals surface area (Å²) in [6, 6.07) is 0.258. The van der Waals surface area contributed by atoms with E-state index >= 15 is 0 Å². The molecule has 100 valence electrons. The number of rotatable bonds is 5. The van der Waals surface area contributed by atoms with Crippen molar-refractivity contribution < 1.29 is 9.53 Å². The molecule has 0 amide bonds. The van der Waals surface area contributed by atoms with E-state index in [1.807, 2.05) is 6.92 Å². The van der Waals surface area contributed by atoms with Gasteiger partial charge in [0.1, 0.15) is 6.04 Å². The molecule has 0 aromatic rings. The maximum absolute atomic E-state index is 11.3. The van der Waals surface area contributed by atoms with Crippen molar-refractivity contribution in [1.29, 1.82) is 0 Å². The van der Waals surface area contributed by atoms with Crippen LogP contribution < -0.4 is 5.32 Å². The lowest BCUT2D eigenvalue weighted by atomic mass is 10.1. The van der Waals surface area contributed by atoms with Gasteiger partial charge in [0.2, 0.25) is 0 Å². The largest absolute Gasteiger partial charge is 0.468 e. The van der Waals surface area contributed by atoms with Crippen molar-refractivity contribution in [3.63, 3.8) is 0 Å². The van der Waals surface area contributed by atoms with Crippen LogP contribution in [0.25, 0.3) is 0 Å². The molecule has 0 spiro atoms. The van der Waals surface area contributed by atoms with Gasteiger partial charge in [0.05, 0.1) is 7.11 Å². The van der Waals surface area contributed by atoms with E-state index in [9.17, 15) is 4.79 Å². The number of carbonyl (C=O) groups is 1. The summed E-state index contributed by atoms with van der Waals surface area (Å²) in [6.45, 7) is 7.62. The van der Waals surface area contributed by atoms with Crippen molar-refractivity contribution in [2.45, 2.75) is 51.6 Å². The summed E-state index contributed by atoms with van der Waals surface area (Å²) in [5.74, 6) is -0.167. The number of hydrogen-bond acceptors (Lipinski definition) is 4. The topological polar surface area (TPSA) is 41.6 Å².